The second-order valence-corrected chi connectivity index (χ2v) is 5.09. The molecule has 0 saturated carbocycles. The minimum atomic E-state index is -0.338. The molecule has 0 amide bonds. The monoisotopic (exact) mass is 270 g/mol. The highest BCUT2D eigenvalue weighted by atomic mass is 19.1. The van der Waals surface area contributed by atoms with Gasteiger partial charge in [-0.15, -0.1) is 0 Å². The smallest absolute Gasteiger partial charge is 0.193 e. The Hall–Kier alpha value is -1.96. The standard InChI is InChI=1S/C18H19FO/c1-3-4-5-14-7-10-15(11-8-14)18(20)16-9-6-13(2)17(19)12-16/h6-12H,3-5H2,1-2H3. The predicted molar refractivity (Wildman–Crippen MR) is 79.6 cm³/mol. The van der Waals surface area contributed by atoms with Gasteiger partial charge >= 0.3 is 0 Å². The highest BCUT2D eigenvalue weighted by Gasteiger charge is 2.10. The van der Waals surface area contributed by atoms with Crippen molar-refractivity contribution < 1.29 is 9.18 Å². The number of aryl methyl sites for hydroxylation is 2. The lowest BCUT2D eigenvalue weighted by Crippen LogP contribution is -2.02. The lowest BCUT2D eigenvalue weighted by molar-refractivity contribution is 0.103. The first-order chi connectivity index (χ1) is 9.61. The van der Waals surface area contributed by atoms with E-state index in [0.29, 0.717) is 16.7 Å². The summed E-state index contributed by atoms with van der Waals surface area (Å²) in [5.74, 6) is -0.471. The van der Waals surface area contributed by atoms with E-state index in [0.717, 1.165) is 19.3 Å². The molecule has 0 N–H and O–H groups in total. The molecule has 2 heteroatoms. The molecular formula is C18H19FO. The van der Waals surface area contributed by atoms with E-state index in [1.165, 1.54) is 11.6 Å². The van der Waals surface area contributed by atoms with Crippen LogP contribution < -0.4 is 0 Å². The van der Waals surface area contributed by atoms with Crippen molar-refractivity contribution in [3.8, 4) is 0 Å². The maximum Gasteiger partial charge on any atom is 0.193 e. The Balaban J connectivity index is 2.18. The number of halogens is 1. The van der Waals surface area contributed by atoms with Gasteiger partial charge in [0.05, 0.1) is 0 Å². The van der Waals surface area contributed by atoms with Gasteiger partial charge in [-0.25, -0.2) is 4.39 Å². The van der Waals surface area contributed by atoms with Crippen molar-refractivity contribution in [2.75, 3.05) is 0 Å². The van der Waals surface area contributed by atoms with Crippen LogP contribution in [0.3, 0.4) is 0 Å². The van der Waals surface area contributed by atoms with Crippen molar-refractivity contribution in [3.05, 3.63) is 70.5 Å². The third-order valence-corrected chi connectivity index (χ3v) is 3.47. The van der Waals surface area contributed by atoms with Gasteiger partial charge in [0.1, 0.15) is 5.82 Å². The van der Waals surface area contributed by atoms with Crippen molar-refractivity contribution in [3.63, 3.8) is 0 Å². The van der Waals surface area contributed by atoms with Crippen LogP contribution in [-0.2, 0) is 6.42 Å². The molecule has 0 aliphatic rings. The average Bonchev–Trinajstić information content (AvgIpc) is 2.48. The summed E-state index contributed by atoms with van der Waals surface area (Å²) >= 11 is 0. The predicted octanol–water partition coefficient (Wildman–Crippen LogP) is 4.71. The molecule has 0 radical (unpaired) electrons. The first-order valence-corrected chi connectivity index (χ1v) is 7.01. The van der Waals surface area contributed by atoms with Gasteiger partial charge in [0.2, 0.25) is 0 Å². The van der Waals surface area contributed by atoms with E-state index in [1.807, 2.05) is 24.3 Å². The Bertz CT molecular complexity index is 599. The van der Waals surface area contributed by atoms with E-state index in [-0.39, 0.29) is 11.6 Å². The van der Waals surface area contributed by atoms with Crippen LogP contribution in [0.4, 0.5) is 4.39 Å². The van der Waals surface area contributed by atoms with Crippen molar-refractivity contribution in [2.45, 2.75) is 33.1 Å². The molecule has 0 atom stereocenters. The van der Waals surface area contributed by atoms with Gasteiger partial charge in [-0.1, -0.05) is 49.7 Å². The summed E-state index contributed by atoms with van der Waals surface area (Å²) in [6, 6.07) is 12.2. The minimum Gasteiger partial charge on any atom is -0.289 e. The number of ketones is 1. The van der Waals surface area contributed by atoms with Crippen LogP contribution in [0.2, 0.25) is 0 Å². The summed E-state index contributed by atoms with van der Waals surface area (Å²) in [6.45, 7) is 3.84. The fraction of sp³-hybridized carbons (Fsp3) is 0.278. The Kier molecular flexibility index (Phi) is 4.67. The molecule has 0 unspecified atom stereocenters. The number of hydrogen-bond acceptors (Lipinski definition) is 1. The molecule has 2 aromatic rings. The molecule has 0 saturated heterocycles. The average molecular weight is 270 g/mol. The van der Waals surface area contributed by atoms with Crippen LogP contribution in [0.25, 0.3) is 0 Å². The number of benzene rings is 2. The topological polar surface area (TPSA) is 17.1 Å². The number of hydrogen-bond donors (Lipinski definition) is 0. The van der Waals surface area contributed by atoms with E-state index in [4.69, 9.17) is 0 Å². The van der Waals surface area contributed by atoms with Crippen LogP contribution >= 0.6 is 0 Å². The largest absolute Gasteiger partial charge is 0.289 e. The molecule has 20 heavy (non-hydrogen) atoms. The van der Waals surface area contributed by atoms with Crippen molar-refractivity contribution in [2.24, 2.45) is 0 Å². The van der Waals surface area contributed by atoms with Gasteiger partial charge in [0.15, 0.2) is 5.78 Å². The Morgan fingerprint density at radius 3 is 2.30 bits per heavy atom. The van der Waals surface area contributed by atoms with E-state index >= 15 is 0 Å². The van der Waals surface area contributed by atoms with Gasteiger partial charge in [0.25, 0.3) is 0 Å². The summed E-state index contributed by atoms with van der Waals surface area (Å²) in [5.41, 5.74) is 2.79. The molecule has 0 aliphatic heterocycles. The second-order valence-electron chi connectivity index (χ2n) is 5.09. The molecule has 0 spiro atoms. The molecule has 0 bridgehead atoms. The molecule has 104 valence electrons. The maximum atomic E-state index is 13.5. The zero-order chi connectivity index (χ0) is 14.5. The van der Waals surface area contributed by atoms with Gasteiger partial charge in [0, 0.05) is 11.1 Å². The fourth-order valence-electron chi connectivity index (χ4n) is 2.10. The van der Waals surface area contributed by atoms with E-state index in [1.54, 1.807) is 19.1 Å². The maximum absolute atomic E-state index is 13.5. The van der Waals surface area contributed by atoms with E-state index in [9.17, 15) is 9.18 Å². The van der Waals surface area contributed by atoms with Gasteiger partial charge in [-0.2, -0.15) is 0 Å². The molecular weight excluding hydrogens is 251 g/mol. The summed E-state index contributed by atoms with van der Waals surface area (Å²) in [5, 5.41) is 0. The number of carbonyl (C=O) groups is 1. The van der Waals surface area contributed by atoms with E-state index < -0.39 is 0 Å². The highest BCUT2D eigenvalue weighted by Crippen LogP contribution is 2.15. The van der Waals surface area contributed by atoms with Crippen LogP contribution in [0, 0.1) is 12.7 Å². The van der Waals surface area contributed by atoms with Crippen LogP contribution in [0.5, 0.6) is 0 Å². The quantitative estimate of drug-likeness (QED) is 0.719. The van der Waals surface area contributed by atoms with Gasteiger partial charge < -0.3 is 0 Å². The normalized spacial score (nSPS) is 10.6. The summed E-state index contributed by atoms with van der Waals surface area (Å²) in [6.07, 6.45) is 3.34. The SMILES string of the molecule is CCCCc1ccc(C(=O)c2ccc(C)c(F)c2)cc1. The van der Waals surface area contributed by atoms with Crippen molar-refractivity contribution in [1.29, 1.82) is 0 Å². The van der Waals surface area contributed by atoms with E-state index in [2.05, 4.69) is 6.92 Å². The molecule has 0 aromatic heterocycles. The van der Waals surface area contributed by atoms with Gasteiger partial charge in [-0.05, 0) is 37.0 Å². The third kappa shape index (κ3) is 3.32. The molecule has 2 aromatic carbocycles. The van der Waals surface area contributed by atoms with Gasteiger partial charge in [-0.3, -0.25) is 4.79 Å². The summed E-state index contributed by atoms with van der Waals surface area (Å²) < 4.78 is 13.5. The lowest BCUT2D eigenvalue weighted by Gasteiger charge is -2.05. The molecule has 1 nitrogen and oxygen atoms in total. The van der Waals surface area contributed by atoms with Crippen LogP contribution in [0.15, 0.2) is 42.5 Å². The lowest BCUT2D eigenvalue weighted by atomic mass is 9.99. The number of unbranched alkanes of at least 4 members (excludes halogenated alkanes) is 1. The fourth-order valence-corrected chi connectivity index (χ4v) is 2.10. The Morgan fingerprint density at radius 1 is 1.05 bits per heavy atom. The second kappa shape index (κ2) is 6.47. The van der Waals surface area contributed by atoms with Crippen LogP contribution in [-0.4, -0.2) is 5.78 Å². The number of carbonyl (C=O) groups excluding carboxylic acids is 1. The molecule has 0 aliphatic carbocycles. The first-order valence-electron chi connectivity index (χ1n) is 7.01. The zero-order valence-corrected chi connectivity index (χ0v) is 11.9. The first kappa shape index (κ1) is 14.4. The summed E-state index contributed by atoms with van der Waals surface area (Å²) in [7, 11) is 0. The Morgan fingerprint density at radius 2 is 1.70 bits per heavy atom. The highest BCUT2D eigenvalue weighted by molar-refractivity contribution is 6.09. The third-order valence-electron chi connectivity index (χ3n) is 3.47. The molecule has 0 heterocycles. The zero-order valence-electron chi connectivity index (χ0n) is 11.9. The molecule has 2 rings (SSSR count). The van der Waals surface area contributed by atoms with Crippen LogP contribution in [0.1, 0.15) is 46.8 Å². The Labute approximate surface area is 119 Å². The van der Waals surface area contributed by atoms with Crippen molar-refractivity contribution in [1.82, 2.24) is 0 Å². The minimum absolute atomic E-state index is 0.133. The number of rotatable bonds is 5. The van der Waals surface area contributed by atoms with Crippen molar-refractivity contribution >= 4 is 5.78 Å². The molecule has 0 fully saturated rings. The summed E-state index contributed by atoms with van der Waals surface area (Å²) in [4.78, 5) is 12.3.